The number of aromatic nitrogens is 2. The maximum atomic E-state index is 13.7. The normalized spacial score (nSPS) is 19.3. The van der Waals surface area contributed by atoms with Crippen LogP contribution in [0.2, 0.25) is 0 Å². The van der Waals surface area contributed by atoms with Crippen LogP contribution in [0.15, 0.2) is 83.3 Å². The summed E-state index contributed by atoms with van der Waals surface area (Å²) in [7, 11) is 0. The van der Waals surface area contributed by atoms with Gasteiger partial charge in [-0.05, 0) is 87.8 Å². The Kier molecular flexibility index (Phi) is 7.90. The van der Waals surface area contributed by atoms with Crippen LogP contribution in [-0.2, 0) is 11.8 Å². The number of fused-ring (bicyclic) bond motifs is 3. The SMILES string of the molecule is Cc1ccc(-n2nc(C(C)(C)C)cc2NC(=O)Nc2ccc(CC3CC4CCC(C3)N4C(=O)c3oc4ccccc4c3C)cc2)cc1. The fourth-order valence-corrected chi connectivity index (χ4v) is 7.34. The third kappa shape index (κ3) is 6.16. The highest BCUT2D eigenvalue weighted by atomic mass is 16.3. The van der Waals surface area contributed by atoms with E-state index in [0.29, 0.717) is 17.5 Å². The summed E-state index contributed by atoms with van der Waals surface area (Å²) < 4.78 is 7.83. The molecule has 0 radical (unpaired) electrons. The van der Waals surface area contributed by atoms with Crippen molar-refractivity contribution in [1.82, 2.24) is 14.7 Å². The van der Waals surface area contributed by atoms with E-state index in [1.54, 1.807) is 4.68 Å². The molecule has 47 heavy (non-hydrogen) atoms. The molecule has 2 fully saturated rings. The number of amides is 3. The van der Waals surface area contributed by atoms with Gasteiger partial charge in [-0.25, -0.2) is 9.48 Å². The van der Waals surface area contributed by atoms with Crippen molar-refractivity contribution in [1.29, 1.82) is 0 Å². The largest absolute Gasteiger partial charge is 0.451 e. The van der Waals surface area contributed by atoms with Crippen molar-refractivity contribution >= 4 is 34.4 Å². The summed E-state index contributed by atoms with van der Waals surface area (Å²) in [4.78, 5) is 28.9. The van der Waals surface area contributed by atoms with E-state index in [2.05, 4.69) is 48.4 Å². The molecule has 2 saturated heterocycles. The Hall–Kier alpha value is -4.85. The van der Waals surface area contributed by atoms with Crippen LogP contribution >= 0.6 is 0 Å². The van der Waals surface area contributed by atoms with Gasteiger partial charge in [0.15, 0.2) is 5.76 Å². The Morgan fingerprint density at radius 1 is 0.894 bits per heavy atom. The lowest BCUT2D eigenvalue weighted by Crippen LogP contribution is -2.47. The Morgan fingerprint density at radius 3 is 2.23 bits per heavy atom. The number of anilines is 2. The molecule has 8 heteroatoms. The number of urea groups is 1. The van der Waals surface area contributed by atoms with E-state index in [-0.39, 0.29) is 29.4 Å². The van der Waals surface area contributed by atoms with Crippen molar-refractivity contribution in [3.8, 4) is 5.69 Å². The molecule has 4 heterocycles. The summed E-state index contributed by atoms with van der Waals surface area (Å²) >= 11 is 0. The van der Waals surface area contributed by atoms with Crippen molar-refractivity contribution in [3.05, 3.63) is 107 Å². The number of para-hydroxylation sites is 1. The van der Waals surface area contributed by atoms with Gasteiger partial charge in [-0.2, -0.15) is 5.10 Å². The first kappa shape index (κ1) is 30.8. The summed E-state index contributed by atoms with van der Waals surface area (Å²) in [5, 5.41) is 11.8. The van der Waals surface area contributed by atoms with Crippen LogP contribution in [0.4, 0.5) is 16.3 Å². The Balaban J connectivity index is 0.978. The highest BCUT2D eigenvalue weighted by Crippen LogP contribution is 2.41. The van der Waals surface area contributed by atoms with E-state index in [0.717, 1.165) is 71.3 Å². The molecular formula is C39H43N5O3. The van der Waals surface area contributed by atoms with Gasteiger partial charge in [0, 0.05) is 40.2 Å². The molecule has 0 spiro atoms. The molecule has 5 aromatic rings. The number of hydrogen-bond acceptors (Lipinski definition) is 4. The molecule has 2 aliphatic heterocycles. The number of rotatable bonds is 6. The smallest absolute Gasteiger partial charge is 0.324 e. The van der Waals surface area contributed by atoms with Crippen LogP contribution in [0.5, 0.6) is 0 Å². The maximum Gasteiger partial charge on any atom is 0.324 e. The number of nitrogens with one attached hydrogen (secondary N) is 2. The van der Waals surface area contributed by atoms with Crippen molar-refractivity contribution in [2.45, 2.75) is 84.2 Å². The van der Waals surface area contributed by atoms with Crippen LogP contribution in [-0.4, -0.2) is 38.7 Å². The lowest BCUT2D eigenvalue weighted by Gasteiger charge is -2.38. The van der Waals surface area contributed by atoms with Crippen LogP contribution < -0.4 is 10.6 Å². The monoisotopic (exact) mass is 629 g/mol. The van der Waals surface area contributed by atoms with E-state index in [1.165, 1.54) is 5.56 Å². The highest BCUT2D eigenvalue weighted by molar-refractivity contribution is 6.00. The second kappa shape index (κ2) is 12.1. The molecule has 7 rings (SSSR count). The molecular weight excluding hydrogens is 586 g/mol. The number of piperidine rings is 1. The quantitative estimate of drug-likeness (QED) is 0.196. The molecule has 3 amide bonds. The molecule has 0 saturated carbocycles. The second-order valence-electron chi connectivity index (χ2n) is 14.4. The van der Waals surface area contributed by atoms with Crippen LogP contribution in [0, 0.1) is 19.8 Å². The summed E-state index contributed by atoms with van der Waals surface area (Å²) in [5.74, 6) is 1.65. The molecule has 242 valence electrons. The number of hydrogen-bond donors (Lipinski definition) is 2. The number of nitrogens with zero attached hydrogens (tertiary/aromatic N) is 3. The fourth-order valence-electron chi connectivity index (χ4n) is 7.34. The zero-order valence-electron chi connectivity index (χ0n) is 27.8. The van der Waals surface area contributed by atoms with E-state index in [4.69, 9.17) is 9.52 Å². The first-order chi connectivity index (χ1) is 22.5. The minimum Gasteiger partial charge on any atom is -0.451 e. The molecule has 0 aliphatic carbocycles. The molecule has 2 N–H and O–H groups in total. The Bertz CT molecular complexity index is 1920. The number of benzene rings is 3. The average molecular weight is 630 g/mol. The standard InChI is InChI=1S/C39H43N5O3/c1-24-10-16-29(17-11-24)44-35(23-34(42-44)39(3,4)5)41-38(46)40-28-14-12-26(13-15-28)20-27-21-30-18-19-31(22-27)43(30)37(45)36-25(2)32-8-6-7-9-33(32)47-36/h6-17,23,27,30-31H,18-22H2,1-5H3,(H2,40,41,46). The van der Waals surface area contributed by atoms with Crippen LogP contribution in [0.1, 0.15) is 79.4 Å². The fraction of sp³-hybridized carbons (Fsp3) is 0.359. The van der Waals surface area contributed by atoms with Crippen LogP contribution in [0.25, 0.3) is 16.7 Å². The lowest BCUT2D eigenvalue weighted by molar-refractivity contribution is 0.0494. The summed E-state index contributed by atoms with van der Waals surface area (Å²) in [5.41, 5.74) is 6.44. The second-order valence-corrected chi connectivity index (χ2v) is 14.4. The minimum atomic E-state index is -0.320. The van der Waals surface area contributed by atoms with Crippen molar-refractivity contribution in [3.63, 3.8) is 0 Å². The van der Waals surface area contributed by atoms with Gasteiger partial charge in [0.2, 0.25) is 0 Å². The maximum absolute atomic E-state index is 13.7. The van der Waals surface area contributed by atoms with Crippen molar-refractivity contribution in [2.75, 3.05) is 10.6 Å². The third-order valence-corrected chi connectivity index (χ3v) is 9.84. The lowest BCUT2D eigenvalue weighted by atomic mass is 9.85. The number of furan rings is 1. The average Bonchev–Trinajstić information content (AvgIpc) is 3.70. The molecule has 2 aliphatic rings. The van der Waals surface area contributed by atoms with Crippen molar-refractivity contribution in [2.24, 2.45) is 5.92 Å². The highest BCUT2D eigenvalue weighted by Gasteiger charge is 2.44. The van der Waals surface area contributed by atoms with Gasteiger partial charge in [-0.15, -0.1) is 0 Å². The summed E-state index contributed by atoms with van der Waals surface area (Å²) in [6.45, 7) is 10.4. The predicted molar refractivity (Wildman–Crippen MR) is 186 cm³/mol. The number of carbonyl (C=O) groups excluding carboxylic acids is 2. The van der Waals surface area contributed by atoms with E-state index < -0.39 is 0 Å². The first-order valence-corrected chi connectivity index (χ1v) is 16.7. The molecule has 2 bridgehead atoms. The summed E-state index contributed by atoms with van der Waals surface area (Å²) in [6.07, 6.45) is 5.04. The molecule has 2 aromatic heterocycles. The van der Waals surface area contributed by atoms with Gasteiger partial charge < -0.3 is 14.6 Å². The number of carbonyl (C=O) groups is 2. The first-order valence-electron chi connectivity index (χ1n) is 16.7. The number of aryl methyl sites for hydroxylation is 2. The van der Waals surface area contributed by atoms with Gasteiger partial charge >= 0.3 is 6.03 Å². The van der Waals surface area contributed by atoms with E-state index >= 15 is 0 Å². The van der Waals surface area contributed by atoms with Gasteiger partial charge in [-0.1, -0.05) is 68.8 Å². The Morgan fingerprint density at radius 2 is 1.57 bits per heavy atom. The minimum absolute atomic E-state index is 0.0369. The van der Waals surface area contributed by atoms with Gasteiger partial charge in [0.05, 0.1) is 11.4 Å². The zero-order chi connectivity index (χ0) is 32.9. The van der Waals surface area contributed by atoms with Crippen molar-refractivity contribution < 1.29 is 14.0 Å². The third-order valence-electron chi connectivity index (χ3n) is 9.84. The van der Waals surface area contributed by atoms with Gasteiger partial charge in [0.1, 0.15) is 11.4 Å². The molecule has 2 atom stereocenters. The summed E-state index contributed by atoms with van der Waals surface area (Å²) in [6, 6.07) is 26.2. The topological polar surface area (TPSA) is 92.4 Å². The molecule has 8 nitrogen and oxygen atoms in total. The predicted octanol–water partition coefficient (Wildman–Crippen LogP) is 8.80. The zero-order valence-corrected chi connectivity index (χ0v) is 27.8. The molecule has 2 unspecified atom stereocenters. The van der Waals surface area contributed by atoms with E-state index in [1.807, 2.05) is 80.6 Å². The van der Waals surface area contributed by atoms with Gasteiger partial charge in [0.25, 0.3) is 5.91 Å². The van der Waals surface area contributed by atoms with Gasteiger partial charge in [-0.3, -0.25) is 10.1 Å². The molecule has 3 aromatic carbocycles. The Labute approximate surface area is 276 Å². The van der Waals surface area contributed by atoms with E-state index in [9.17, 15) is 9.59 Å². The van der Waals surface area contributed by atoms with Crippen LogP contribution in [0.3, 0.4) is 0 Å².